The summed E-state index contributed by atoms with van der Waals surface area (Å²) in [6.45, 7) is 0. The minimum absolute atomic E-state index is 0.716. The summed E-state index contributed by atoms with van der Waals surface area (Å²) in [7, 11) is 0. The van der Waals surface area contributed by atoms with Gasteiger partial charge in [-0.05, 0) is 52.9 Å². The Labute approximate surface area is 329 Å². The Balaban J connectivity index is 1.07. The van der Waals surface area contributed by atoms with Crippen LogP contribution in [0.2, 0.25) is 0 Å². The van der Waals surface area contributed by atoms with Crippen molar-refractivity contribution in [3.05, 3.63) is 200 Å². The molecule has 0 amide bonds. The third-order valence-electron chi connectivity index (χ3n) is 10.8. The minimum Gasteiger partial charge on any atom is -0.292 e. The fraction of sp³-hybridized carbons (Fsp3) is 0. The van der Waals surface area contributed by atoms with Gasteiger partial charge in [0.1, 0.15) is 5.82 Å². The molecule has 0 atom stereocenters. The van der Waals surface area contributed by atoms with Gasteiger partial charge >= 0.3 is 0 Å². The summed E-state index contributed by atoms with van der Waals surface area (Å²) in [5.74, 6) is 1.61. The number of aromatic nitrogens is 5. The quantitative estimate of drug-likeness (QED) is 0.160. The zero-order valence-corrected chi connectivity index (χ0v) is 30.8. The molecule has 0 N–H and O–H groups in total. The summed E-state index contributed by atoms with van der Waals surface area (Å²) >= 11 is 0. The smallest absolute Gasteiger partial charge is 0.160 e. The van der Waals surface area contributed by atoms with Crippen LogP contribution in [0, 0.1) is 0 Å². The lowest BCUT2D eigenvalue weighted by atomic mass is 9.96. The third-order valence-corrected chi connectivity index (χ3v) is 10.8. The van der Waals surface area contributed by atoms with E-state index in [0.717, 1.165) is 99.9 Å². The Morgan fingerprint density at radius 2 is 0.930 bits per heavy atom. The van der Waals surface area contributed by atoms with Gasteiger partial charge < -0.3 is 0 Å². The number of rotatable bonds is 6. The van der Waals surface area contributed by atoms with Crippen LogP contribution in [0.3, 0.4) is 0 Å². The molecule has 3 aromatic heterocycles. The lowest BCUT2D eigenvalue weighted by Crippen LogP contribution is -1.97. The molecule has 0 unspecified atom stereocenters. The Morgan fingerprint density at radius 3 is 1.68 bits per heavy atom. The van der Waals surface area contributed by atoms with Gasteiger partial charge in [0.15, 0.2) is 5.82 Å². The normalized spacial score (nSPS) is 11.5. The zero-order chi connectivity index (χ0) is 37.7. The van der Waals surface area contributed by atoms with Gasteiger partial charge in [0.05, 0.1) is 33.5 Å². The second-order valence-electron chi connectivity index (χ2n) is 14.2. The van der Waals surface area contributed by atoms with Crippen LogP contribution in [0.25, 0.3) is 106 Å². The van der Waals surface area contributed by atoms with Gasteiger partial charge in [0.25, 0.3) is 0 Å². The molecule has 11 aromatic rings. The number of benzene rings is 8. The largest absolute Gasteiger partial charge is 0.292 e. The maximum absolute atomic E-state index is 5.44. The first-order valence-electron chi connectivity index (χ1n) is 19.1. The third kappa shape index (κ3) is 5.64. The number of imidazole rings is 1. The van der Waals surface area contributed by atoms with Crippen molar-refractivity contribution in [2.75, 3.05) is 0 Å². The van der Waals surface area contributed by atoms with E-state index in [1.54, 1.807) is 0 Å². The van der Waals surface area contributed by atoms with Crippen LogP contribution in [-0.2, 0) is 0 Å². The van der Waals surface area contributed by atoms with Crippen LogP contribution in [0.1, 0.15) is 0 Å². The van der Waals surface area contributed by atoms with Gasteiger partial charge in [-0.15, -0.1) is 0 Å². The highest BCUT2D eigenvalue weighted by molar-refractivity contribution is 6.20. The molecular formula is C52H33N5. The van der Waals surface area contributed by atoms with Crippen molar-refractivity contribution < 1.29 is 0 Å². The summed E-state index contributed by atoms with van der Waals surface area (Å²) in [4.78, 5) is 20.9. The van der Waals surface area contributed by atoms with Gasteiger partial charge in [0.2, 0.25) is 0 Å². The van der Waals surface area contributed by atoms with Crippen molar-refractivity contribution in [2.45, 2.75) is 0 Å². The first-order chi connectivity index (χ1) is 28.3. The second-order valence-corrected chi connectivity index (χ2v) is 14.2. The van der Waals surface area contributed by atoms with Crippen molar-refractivity contribution in [1.82, 2.24) is 24.5 Å². The van der Waals surface area contributed by atoms with Crippen LogP contribution in [0.5, 0.6) is 0 Å². The molecule has 5 heteroatoms. The molecule has 0 aliphatic rings. The van der Waals surface area contributed by atoms with E-state index in [9.17, 15) is 0 Å². The summed E-state index contributed by atoms with van der Waals surface area (Å²) in [6.07, 6.45) is 0. The summed E-state index contributed by atoms with van der Waals surface area (Å²) in [5.41, 5.74) is 13.1. The van der Waals surface area contributed by atoms with Gasteiger partial charge in [-0.3, -0.25) is 4.57 Å². The fourth-order valence-electron chi connectivity index (χ4n) is 8.09. The average molecular weight is 728 g/mol. The predicted octanol–water partition coefficient (Wildman–Crippen LogP) is 13.0. The van der Waals surface area contributed by atoms with Gasteiger partial charge in [-0.1, -0.05) is 164 Å². The van der Waals surface area contributed by atoms with Gasteiger partial charge in [-0.25, -0.2) is 19.9 Å². The molecule has 57 heavy (non-hydrogen) atoms. The summed E-state index contributed by atoms with van der Waals surface area (Å²) < 4.78 is 2.27. The molecule has 0 radical (unpaired) electrons. The highest BCUT2D eigenvalue weighted by Gasteiger charge is 2.21. The zero-order valence-electron chi connectivity index (χ0n) is 30.8. The number of hydrogen-bond donors (Lipinski definition) is 0. The molecule has 266 valence electrons. The predicted molar refractivity (Wildman–Crippen MR) is 234 cm³/mol. The maximum atomic E-state index is 5.44. The number of nitrogens with zero attached hydrogens (tertiary/aromatic N) is 5. The van der Waals surface area contributed by atoms with E-state index in [0.29, 0.717) is 5.82 Å². The molecule has 0 bridgehead atoms. The molecule has 0 saturated heterocycles. The van der Waals surface area contributed by atoms with Gasteiger partial charge in [0, 0.05) is 44.1 Å². The van der Waals surface area contributed by atoms with E-state index in [1.165, 1.54) is 0 Å². The summed E-state index contributed by atoms with van der Waals surface area (Å²) in [5, 5.41) is 4.30. The van der Waals surface area contributed by atoms with E-state index in [1.807, 2.05) is 42.5 Å². The molecule has 0 saturated carbocycles. The lowest BCUT2D eigenvalue weighted by molar-refractivity contribution is 1.10. The lowest BCUT2D eigenvalue weighted by Gasteiger charge is -2.13. The van der Waals surface area contributed by atoms with E-state index in [2.05, 4.69) is 162 Å². The Bertz CT molecular complexity index is 3270. The van der Waals surface area contributed by atoms with Crippen LogP contribution < -0.4 is 0 Å². The molecule has 5 nitrogen and oxygen atoms in total. The molecular weight excluding hydrogens is 695 g/mol. The van der Waals surface area contributed by atoms with Crippen LogP contribution in [0.15, 0.2) is 200 Å². The number of fused-ring (bicyclic) bond motifs is 6. The fourth-order valence-corrected chi connectivity index (χ4v) is 8.09. The molecule has 3 heterocycles. The Morgan fingerprint density at radius 1 is 0.333 bits per heavy atom. The van der Waals surface area contributed by atoms with E-state index >= 15 is 0 Å². The monoisotopic (exact) mass is 727 g/mol. The van der Waals surface area contributed by atoms with Crippen LogP contribution in [-0.4, -0.2) is 24.5 Å². The highest BCUT2D eigenvalue weighted by atomic mass is 15.1. The van der Waals surface area contributed by atoms with Crippen molar-refractivity contribution in [3.8, 4) is 62.1 Å². The Kier molecular flexibility index (Phi) is 7.74. The maximum Gasteiger partial charge on any atom is 0.160 e. The molecule has 11 rings (SSSR count). The highest BCUT2D eigenvalue weighted by Crippen LogP contribution is 2.40. The van der Waals surface area contributed by atoms with Crippen molar-refractivity contribution in [1.29, 1.82) is 0 Å². The minimum atomic E-state index is 0.716. The second kappa shape index (κ2) is 13.5. The SMILES string of the molecule is c1ccc(-c2nc(-c3cccc(-c4ccc(-c5nc6ccccc6c6ccc7c(nc(-c8ccccc8)n7-c7ccccc7)c56)cc4)c3)c3ccccc3n2)cc1. The molecule has 8 aromatic carbocycles. The van der Waals surface area contributed by atoms with E-state index < -0.39 is 0 Å². The molecule has 0 spiro atoms. The van der Waals surface area contributed by atoms with E-state index in [4.69, 9.17) is 19.9 Å². The molecule has 0 fully saturated rings. The Hall–Kier alpha value is -7.76. The van der Waals surface area contributed by atoms with E-state index in [-0.39, 0.29) is 0 Å². The number of para-hydroxylation sites is 3. The van der Waals surface area contributed by atoms with Crippen LogP contribution >= 0.6 is 0 Å². The molecule has 0 aliphatic heterocycles. The topological polar surface area (TPSA) is 56.5 Å². The standard InChI is InChI=1S/C52H33N5/c1-4-15-36(16-5-1)51-54-45-26-13-11-24-43(45)48(55-51)39-20-14-19-38(33-39)34-27-29-35(30-28-34)49-47-42(41-23-10-12-25-44(41)53-49)31-32-46-50(47)56-52(37-17-6-2-7-18-37)57(46)40-21-8-3-9-22-40/h1-33H. The first-order valence-corrected chi connectivity index (χ1v) is 19.1. The number of pyridine rings is 1. The first kappa shape index (κ1) is 32.7. The van der Waals surface area contributed by atoms with Crippen molar-refractivity contribution >= 4 is 43.6 Å². The van der Waals surface area contributed by atoms with Crippen molar-refractivity contribution in [3.63, 3.8) is 0 Å². The number of hydrogen-bond acceptors (Lipinski definition) is 4. The average Bonchev–Trinajstić information content (AvgIpc) is 3.69. The summed E-state index contributed by atoms with van der Waals surface area (Å²) in [6, 6.07) is 69.6. The van der Waals surface area contributed by atoms with Gasteiger partial charge in [-0.2, -0.15) is 0 Å². The van der Waals surface area contributed by atoms with Crippen LogP contribution in [0.4, 0.5) is 0 Å². The van der Waals surface area contributed by atoms with Crippen molar-refractivity contribution in [2.24, 2.45) is 0 Å². The molecule has 0 aliphatic carbocycles.